The fraction of sp³-hybridized carbons (Fsp3) is 0.350. The summed E-state index contributed by atoms with van der Waals surface area (Å²) in [6.45, 7) is 7.27. The molecular weight excluding hydrogens is 286 g/mol. The van der Waals surface area contributed by atoms with Crippen LogP contribution in [0, 0.1) is 0 Å². The van der Waals surface area contributed by atoms with Crippen molar-refractivity contribution in [3.05, 3.63) is 65.7 Å². The van der Waals surface area contributed by atoms with Crippen molar-refractivity contribution in [3.63, 3.8) is 0 Å². The van der Waals surface area contributed by atoms with E-state index in [1.165, 1.54) is 0 Å². The van der Waals surface area contributed by atoms with E-state index in [0.29, 0.717) is 24.5 Å². The van der Waals surface area contributed by atoms with E-state index in [2.05, 4.69) is 26.0 Å². The van der Waals surface area contributed by atoms with Crippen LogP contribution in [0.5, 0.6) is 5.75 Å². The topological polar surface area (TPSA) is 29.5 Å². The standard InChI is InChI=1S/C20H25NO2/c1-4-16(3)21(15-17-11-7-6-8-12-17)20(22)18-13-9-10-14-19(18)23-5-2/h6-14,16H,4-5,15H2,1-3H3. The monoisotopic (exact) mass is 311 g/mol. The van der Waals surface area contributed by atoms with Gasteiger partial charge in [0.1, 0.15) is 5.75 Å². The molecule has 0 aliphatic rings. The molecule has 0 fully saturated rings. The highest BCUT2D eigenvalue weighted by molar-refractivity contribution is 5.97. The molecule has 0 saturated heterocycles. The van der Waals surface area contributed by atoms with Crippen LogP contribution in [-0.4, -0.2) is 23.5 Å². The highest BCUT2D eigenvalue weighted by atomic mass is 16.5. The predicted molar refractivity (Wildman–Crippen MR) is 93.7 cm³/mol. The van der Waals surface area contributed by atoms with Crippen LogP contribution in [-0.2, 0) is 6.54 Å². The number of amides is 1. The lowest BCUT2D eigenvalue weighted by Gasteiger charge is -2.29. The highest BCUT2D eigenvalue weighted by Crippen LogP contribution is 2.23. The molecule has 1 atom stereocenters. The quantitative estimate of drug-likeness (QED) is 0.752. The SMILES string of the molecule is CCOc1ccccc1C(=O)N(Cc1ccccc1)C(C)CC. The van der Waals surface area contributed by atoms with Crippen molar-refractivity contribution < 1.29 is 9.53 Å². The highest BCUT2D eigenvalue weighted by Gasteiger charge is 2.23. The van der Waals surface area contributed by atoms with Crippen molar-refractivity contribution in [2.45, 2.75) is 39.8 Å². The lowest BCUT2D eigenvalue weighted by molar-refractivity contribution is 0.0667. The molecule has 2 rings (SSSR count). The van der Waals surface area contributed by atoms with E-state index in [4.69, 9.17) is 4.74 Å². The molecule has 3 heteroatoms. The molecule has 0 radical (unpaired) electrons. The van der Waals surface area contributed by atoms with Gasteiger partial charge in [-0.3, -0.25) is 4.79 Å². The second kappa shape index (κ2) is 8.37. The summed E-state index contributed by atoms with van der Waals surface area (Å²) in [6.07, 6.45) is 0.912. The van der Waals surface area contributed by atoms with Crippen LogP contribution in [0.4, 0.5) is 0 Å². The first-order valence-corrected chi connectivity index (χ1v) is 8.24. The molecule has 0 heterocycles. The molecule has 0 aliphatic carbocycles. The van der Waals surface area contributed by atoms with Crippen LogP contribution < -0.4 is 4.74 Å². The van der Waals surface area contributed by atoms with Gasteiger partial charge in [0, 0.05) is 12.6 Å². The summed E-state index contributed by atoms with van der Waals surface area (Å²) in [5, 5.41) is 0. The molecule has 122 valence electrons. The van der Waals surface area contributed by atoms with Crippen molar-refractivity contribution in [1.29, 1.82) is 0 Å². The zero-order chi connectivity index (χ0) is 16.7. The van der Waals surface area contributed by atoms with Crippen LogP contribution in [0.1, 0.15) is 43.1 Å². The van der Waals surface area contributed by atoms with Gasteiger partial charge in [-0.1, -0.05) is 49.4 Å². The van der Waals surface area contributed by atoms with Gasteiger partial charge in [0.25, 0.3) is 5.91 Å². The van der Waals surface area contributed by atoms with E-state index < -0.39 is 0 Å². The fourth-order valence-electron chi connectivity index (χ4n) is 2.51. The number of carbonyl (C=O) groups excluding carboxylic acids is 1. The van der Waals surface area contributed by atoms with E-state index >= 15 is 0 Å². The second-order valence-corrected chi connectivity index (χ2v) is 5.61. The van der Waals surface area contributed by atoms with E-state index in [-0.39, 0.29) is 11.9 Å². The number of hydrogen-bond acceptors (Lipinski definition) is 2. The first-order chi connectivity index (χ1) is 11.2. The first kappa shape index (κ1) is 17.1. The van der Waals surface area contributed by atoms with Gasteiger partial charge in [-0.15, -0.1) is 0 Å². The minimum Gasteiger partial charge on any atom is -0.493 e. The van der Waals surface area contributed by atoms with Crippen molar-refractivity contribution >= 4 is 5.91 Å². The molecule has 3 nitrogen and oxygen atoms in total. The Morgan fingerprint density at radius 3 is 2.35 bits per heavy atom. The first-order valence-electron chi connectivity index (χ1n) is 8.24. The molecule has 1 amide bonds. The van der Waals surface area contributed by atoms with E-state index in [9.17, 15) is 4.79 Å². The molecule has 2 aromatic rings. The largest absolute Gasteiger partial charge is 0.493 e. The van der Waals surface area contributed by atoms with Crippen LogP contribution in [0.2, 0.25) is 0 Å². The minimum atomic E-state index is 0.0206. The van der Waals surface area contributed by atoms with Crippen molar-refractivity contribution in [3.8, 4) is 5.75 Å². The predicted octanol–water partition coefficient (Wildman–Crippen LogP) is 4.53. The molecule has 0 aromatic heterocycles. The van der Waals surface area contributed by atoms with E-state index in [0.717, 1.165) is 12.0 Å². The average molecular weight is 311 g/mol. The van der Waals surface area contributed by atoms with E-state index in [1.54, 1.807) is 0 Å². The maximum absolute atomic E-state index is 13.1. The third-order valence-electron chi connectivity index (χ3n) is 4.00. The molecule has 2 aromatic carbocycles. The Bertz CT molecular complexity index is 625. The number of ether oxygens (including phenoxy) is 1. The lowest BCUT2D eigenvalue weighted by Crippen LogP contribution is -2.38. The average Bonchev–Trinajstić information content (AvgIpc) is 2.60. The number of nitrogens with zero attached hydrogens (tertiary/aromatic N) is 1. The Morgan fingerprint density at radius 1 is 1.04 bits per heavy atom. The Hall–Kier alpha value is -2.29. The van der Waals surface area contributed by atoms with Crippen molar-refractivity contribution in [1.82, 2.24) is 4.90 Å². The summed E-state index contributed by atoms with van der Waals surface area (Å²) in [5.41, 5.74) is 1.76. The fourth-order valence-corrected chi connectivity index (χ4v) is 2.51. The maximum Gasteiger partial charge on any atom is 0.258 e. The summed E-state index contributed by atoms with van der Waals surface area (Å²) in [6, 6.07) is 17.7. The molecule has 1 unspecified atom stereocenters. The summed E-state index contributed by atoms with van der Waals surface area (Å²) in [5.74, 6) is 0.675. The molecule has 23 heavy (non-hydrogen) atoms. The van der Waals surface area contributed by atoms with Crippen molar-refractivity contribution in [2.75, 3.05) is 6.61 Å². The van der Waals surface area contributed by atoms with Gasteiger partial charge in [0.2, 0.25) is 0 Å². The Kier molecular flexibility index (Phi) is 6.21. The van der Waals surface area contributed by atoms with Gasteiger partial charge in [0.05, 0.1) is 12.2 Å². The Balaban J connectivity index is 2.30. The number of carbonyl (C=O) groups is 1. The summed E-state index contributed by atoms with van der Waals surface area (Å²) in [4.78, 5) is 15.0. The third-order valence-corrected chi connectivity index (χ3v) is 4.00. The zero-order valence-electron chi connectivity index (χ0n) is 14.2. The summed E-state index contributed by atoms with van der Waals surface area (Å²) in [7, 11) is 0. The molecule has 0 saturated carbocycles. The number of rotatable bonds is 7. The zero-order valence-corrected chi connectivity index (χ0v) is 14.2. The number of para-hydroxylation sites is 1. The van der Waals surface area contributed by atoms with Crippen LogP contribution in [0.15, 0.2) is 54.6 Å². The molecular formula is C20H25NO2. The van der Waals surface area contributed by atoms with Gasteiger partial charge in [-0.2, -0.15) is 0 Å². The van der Waals surface area contributed by atoms with Crippen LogP contribution in [0.25, 0.3) is 0 Å². The smallest absolute Gasteiger partial charge is 0.258 e. The molecule has 0 aliphatic heterocycles. The minimum absolute atomic E-state index is 0.0206. The second-order valence-electron chi connectivity index (χ2n) is 5.61. The van der Waals surface area contributed by atoms with Gasteiger partial charge in [0.15, 0.2) is 0 Å². The summed E-state index contributed by atoms with van der Waals surface area (Å²) >= 11 is 0. The number of benzene rings is 2. The molecule has 0 N–H and O–H groups in total. The van der Waals surface area contributed by atoms with Gasteiger partial charge < -0.3 is 9.64 Å². The van der Waals surface area contributed by atoms with Crippen LogP contribution in [0.3, 0.4) is 0 Å². The van der Waals surface area contributed by atoms with Gasteiger partial charge >= 0.3 is 0 Å². The van der Waals surface area contributed by atoms with Gasteiger partial charge in [-0.05, 0) is 38.0 Å². The third kappa shape index (κ3) is 4.35. The van der Waals surface area contributed by atoms with Crippen molar-refractivity contribution in [2.24, 2.45) is 0 Å². The lowest BCUT2D eigenvalue weighted by atomic mass is 10.1. The van der Waals surface area contributed by atoms with Crippen LogP contribution >= 0.6 is 0 Å². The normalized spacial score (nSPS) is 11.8. The maximum atomic E-state index is 13.1. The molecule has 0 bridgehead atoms. The van der Waals surface area contributed by atoms with E-state index in [1.807, 2.05) is 54.3 Å². The molecule has 0 spiro atoms. The Labute approximate surface area is 138 Å². The Morgan fingerprint density at radius 2 is 1.70 bits per heavy atom. The number of hydrogen-bond donors (Lipinski definition) is 0. The van der Waals surface area contributed by atoms with Gasteiger partial charge in [-0.25, -0.2) is 0 Å². The summed E-state index contributed by atoms with van der Waals surface area (Å²) < 4.78 is 5.62.